The Bertz CT molecular complexity index is 1200. The number of benzene rings is 3. The summed E-state index contributed by atoms with van der Waals surface area (Å²) >= 11 is 3.40. The van der Waals surface area contributed by atoms with E-state index in [1.807, 2.05) is 61.5 Å². The van der Waals surface area contributed by atoms with Crippen LogP contribution in [0.25, 0.3) is 0 Å². The molecule has 0 bridgehead atoms. The summed E-state index contributed by atoms with van der Waals surface area (Å²) in [7, 11) is -2.42. The third-order valence-corrected chi connectivity index (χ3v) is 7.30. The second-order valence-electron chi connectivity index (χ2n) is 7.78. The van der Waals surface area contributed by atoms with E-state index >= 15 is 0 Å². The molecule has 2 atom stereocenters. The summed E-state index contributed by atoms with van der Waals surface area (Å²) in [5.74, 6) is 0.193. The lowest BCUT2D eigenvalue weighted by atomic mass is 10.0. The minimum Gasteiger partial charge on any atom is -0.496 e. The molecule has 3 rings (SSSR count). The normalized spacial score (nSPS) is 13.2. The predicted molar refractivity (Wildman–Crippen MR) is 133 cm³/mol. The lowest BCUT2D eigenvalue weighted by molar-refractivity contribution is -0.123. The first-order valence-electron chi connectivity index (χ1n) is 10.5. The molecule has 0 saturated heterocycles. The molecule has 0 radical (unpaired) electrons. The van der Waals surface area contributed by atoms with Gasteiger partial charge in [-0.05, 0) is 67.3 Å². The summed E-state index contributed by atoms with van der Waals surface area (Å²) in [4.78, 5) is 13.3. The van der Waals surface area contributed by atoms with E-state index in [0.717, 1.165) is 15.6 Å². The molecule has 0 aromatic heterocycles. The van der Waals surface area contributed by atoms with Gasteiger partial charge in [-0.1, -0.05) is 58.4 Å². The van der Waals surface area contributed by atoms with E-state index in [9.17, 15) is 13.2 Å². The number of rotatable bonds is 9. The second-order valence-corrected chi connectivity index (χ2v) is 10.4. The Hall–Kier alpha value is -2.68. The summed E-state index contributed by atoms with van der Waals surface area (Å²) in [6.07, 6.45) is 0.216. The molecular weight excluding hydrogens is 504 g/mol. The largest absolute Gasteiger partial charge is 0.496 e. The van der Waals surface area contributed by atoms with Gasteiger partial charge in [0, 0.05) is 4.47 Å². The fourth-order valence-electron chi connectivity index (χ4n) is 3.46. The van der Waals surface area contributed by atoms with Crippen LogP contribution in [-0.2, 0) is 21.2 Å². The Morgan fingerprint density at radius 3 is 2.30 bits per heavy atom. The number of halogens is 1. The Morgan fingerprint density at radius 1 is 1.03 bits per heavy atom. The highest BCUT2D eigenvalue weighted by atomic mass is 79.9. The molecule has 3 aromatic carbocycles. The van der Waals surface area contributed by atoms with Gasteiger partial charge >= 0.3 is 0 Å². The molecule has 33 heavy (non-hydrogen) atoms. The Kier molecular flexibility index (Phi) is 8.29. The topological polar surface area (TPSA) is 84.5 Å². The first-order valence-corrected chi connectivity index (χ1v) is 12.7. The Morgan fingerprint density at radius 2 is 1.70 bits per heavy atom. The maximum Gasteiger partial charge on any atom is 0.241 e. The smallest absolute Gasteiger partial charge is 0.241 e. The monoisotopic (exact) mass is 530 g/mol. The van der Waals surface area contributed by atoms with Crippen molar-refractivity contribution in [3.8, 4) is 5.75 Å². The first-order chi connectivity index (χ1) is 15.7. The van der Waals surface area contributed by atoms with Gasteiger partial charge in [-0.15, -0.1) is 0 Å². The van der Waals surface area contributed by atoms with Crippen molar-refractivity contribution in [3.05, 3.63) is 94.0 Å². The van der Waals surface area contributed by atoms with Crippen molar-refractivity contribution >= 4 is 31.9 Å². The van der Waals surface area contributed by atoms with Crippen molar-refractivity contribution < 1.29 is 17.9 Å². The molecule has 0 heterocycles. The van der Waals surface area contributed by atoms with Gasteiger partial charge < -0.3 is 10.1 Å². The van der Waals surface area contributed by atoms with Gasteiger partial charge in [0.2, 0.25) is 15.9 Å². The van der Waals surface area contributed by atoms with E-state index < -0.39 is 22.0 Å². The van der Waals surface area contributed by atoms with Gasteiger partial charge in [-0.3, -0.25) is 4.79 Å². The minimum absolute atomic E-state index is 0.0765. The maximum atomic E-state index is 13.2. The van der Waals surface area contributed by atoms with E-state index in [4.69, 9.17) is 4.74 Å². The number of hydrogen-bond donors (Lipinski definition) is 2. The minimum atomic E-state index is -3.95. The highest BCUT2D eigenvalue weighted by molar-refractivity contribution is 9.10. The highest BCUT2D eigenvalue weighted by Gasteiger charge is 2.27. The fraction of sp³-hybridized carbons (Fsp3) is 0.240. The molecule has 6 nitrogen and oxygen atoms in total. The number of hydrogen-bond acceptors (Lipinski definition) is 4. The number of ether oxygens (including phenoxy) is 1. The predicted octanol–water partition coefficient (Wildman–Crippen LogP) is 4.53. The first kappa shape index (κ1) is 25.0. The SMILES string of the molecule is COc1ccc(S(=O)(=O)N[C@@H](Cc2ccccc2)C(=O)N[C@H](C)c2ccc(Br)cc2)cc1C. The number of methoxy groups -OCH3 is 1. The van der Waals surface area contributed by atoms with Gasteiger partial charge in [0.25, 0.3) is 0 Å². The average molecular weight is 531 g/mol. The maximum absolute atomic E-state index is 13.2. The van der Waals surface area contributed by atoms with Crippen LogP contribution in [-0.4, -0.2) is 27.5 Å². The van der Waals surface area contributed by atoms with Crippen LogP contribution in [0.2, 0.25) is 0 Å². The molecule has 0 fully saturated rings. The van der Waals surface area contributed by atoms with Crippen molar-refractivity contribution in [2.45, 2.75) is 37.2 Å². The van der Waals surface area contributed by atoms with Gasteiger partial charge in [-0.25, -0.2) is 8.42 Å². The summed E-state index contributed by atoms with van der Waals surface area (Å²) in [6, 6.07) is 20.2. The van der Waals surface area contributed by atoms with E-state index in [-0.39, 0.29) is 17.4 Å². The number of carbonyl (C=O) groups excluding carboxylic acids is 1. The number of carbonyl (C=O) groups is 1. The van der Waals surface area contributed by atoms with Crippen LogP contribution in [0.5, 0.6) is 5.75 Å². The third kappa shape index (κ3) is 6.66. The number of aryl methyl sites for hydroxylation is 1. The van der Waals surface area contributed by atoms with Crippen LogP contribution >= 0.6 is 15.9 Å². The molecule has 174 valence electrons. The van der Waals surface area contributed by atoms with E-state index in [1.54, 1.807) is 13.0 Å². The molecule has 3 aromatic rings. The Balaban J connectivity index is 1.84. The number of nitrogens with one attached hydrogen (secondary N) is 2. The number of sulfonamides is 1. The van der Waals surface area contributed by atoms with Gasteiger partial charge in [-0.2, -0.15) is 4.72 Å². The molecule has 0 unspecified atom stereocenters. The second kappa shape index (κ2) is 11.0. The Labute approximate surface area is 203 Å². The number of amides is 1. The van der Waals surface area contributed by atoms with Gasteiger partial charge in [0.05, 0.1) is 18.0 Å². The molecular formula is C25H27BrN2O4S. The average Bonchev–Trinajstić information content (AvgIpc) is 2.79. The van der Waals surface area contributed by atoms with Crippen LogP contribution in [0.1, 0.15) is 29.7 Å². The third-order valence-electron chi connectivity index (χ3n) is 5.30. The molecule has 0 saturated carbocycles. The van der Waals surface area contributed by atoms with E-state index in [0.29, 0.717) is 11.3 Å². The zero-order chi connectivity index (χ0) is 24.0. The summed E-state index contributed by atoms with van der Waals surface area (Å²) in [5.41, 5.74) is 2.45. The standard InChI is InChI=1S/C25H27BrN2O4S/c1-17-15-22(13-14-24(17)32-3)33(30,31)28-23(16-19-7-5-4-6-8-19)25(29)27-18(2)20-9-11-21(26)12-10-20/h4-15,18,23,28H,16H2,1-3H3,(H,27,29)/t18-,23+/m1/s1. The van der Waals surface area contributed by atoms with Crippen LogP contribution in [0.15, 0.2) is 82.2 Å². The summed E-state index contributed by atoms with van der Waals surface area (Å²) in [5, 5.41) is 2.94. The molecule has 8 heteroatoms. The molecule has 0 aliphatic heterocycles. The molecule has 0 spiro atoms. The van der Waals surface area contributed by atoms with Crippen molar-refractivity contribution in [3.63, 3.8) is 0 Å². The van der Waals surface area contributed by atoms with Crippen LogP contribution in [0.3, 0.4) is 0 Å². The zero-order valence-electron chi connectivity index (χ0n) is 18.7. The van der Waals surface area contributed by atoms with E-state index in [1.165, 1.54) is 19.2 Å². The van der Waals surface area contributed by atoms with Crippen LogP contribution in [0, 0.1) is 6.92 Å². The van der Waals surface area contributed by atoms with Crippen molar-refractivity contribution in [1.29, 1.82) is 0 Å². The summed E-state index contributed by atoms with van der Waals surface area (Å²) in [6.45, 7) is 3.63. The van der Waals surface area contributed by atoms with E-state index in [2.05, 4.69) is 26.0 Å². The van der Waals surface area contributed by atoms with Crippen LogP contribution in [0.4, 0.5) is 0 Å². The van der Waals surface area contributed by atoms with Crippen LogP contribution < -0.4 is 14.8 Å². The fourth-order valence-corrected chi connectivity index (χ4v) is 5.00. The van der Waals surface area contributed by atoms with Crippen molar-refractivity contribution in [1.82, 2.24) is 10.0 Å². The van der Waals surface area contributed by atoms with Crippen molar-refractivity contribution in [2.75, 3.05) is 7.11 Å². The lowest BCUT2D eigenvalue weighted by Gasteiger charge is -2.22. The van der Waals surface area contributed by atoms with Gasteiger partial charge in [0.1, 0.15) is 11.8 Å². The highest BCUT2D eigenvalue weighted by Crippen LogP contribution is 2.22. The molecule has 1 amide bonds. The quantitative estimate of drug-likeness (QED) is 0.425. The molecule has 0 aliphatic rings. The summed E-state index contributed by atoms with van der Waals surface area (Å²) < 4.78 is 35.1. The lowest BCUT2D eigenvalue weighted by Crippen LogP contribution is -2.48. The molecule has 0 aliphatic carbocycles. The van der Waals surface area contributed by atoms with Gasteiger partial charge in [0.15, 0.2) is 0 Å². The van der Waals surface area contributed by atoms with Crippen molar-refractivity contribution in [2.24, 2.45) is 0 Å². The zero-order valence-corrected chi connectivity index (χ0v) is 21.1. The molecule has 2 N–H and O–H groups in total.